The Bertz CT molecular complexity index is 846. The minimum absolute atomic E-state index is 0.0896. The second-order valence-electron chi connectivity index (χ2n) is 6.05. The molecule has 0 saturated heterocycles. The number of anilines is 1. The Morgan fingerprint density at radius 3 is 2.64 bits per heavy atom. The molecule has 0 atom stereocenters. The summed E-state index contributed by atoms with van der Waals surface area (Å²) in [5, 5.41) is 5.55. The number of aromatic nitrogens is 2. The first-order valence-corrected chi connectivity index (χ1v) is 9.15. The lowest BCUT2D eigenvalue weighted by atomic mass is 10.2. The molecule has 1 aliphatic carbocycles. The summed E-state index contributed by atoms with van der Waals surface area (Å²) in [6, 6.07) is 14.1. The van der Waals surface area contributed by atoms with Gasteiger partial charge in [0.15, 0.2) is 5.13 Å². The molecule has 2 heterocycles. The summed E-state index contributed by atoms with van der Waals surface area (Å²) in [6.07, 6.45) is 5.63. The SMILES string of the molecule is O=C(Nc1nc(-c2ccccc2)cs1)N(Cc1ccncc1)C1CC1. The minimum Gasteiger partial charge on any atom is -0.317 e. The predicted octanol–water partition coefficient (Wildman–Crippen LogP) is 4.40. The van der Waals surface area contributed by atoms with Crippen LogP contribution in [0.3, 0.4) is 0 Å². The molecule has 2 amide bonds. The molecule has 4 rings (SSSR count). The third-order valence-electron chi connectivity index (χ3n) is 4.14. The fraction of sp³-hybridized carbons (Fsp3) is 0.211. The van der Waals surface area contributed by atoms with Crippen molar-refractivity contribution in [3.8, 4) is 11.3 Å². The van der Waals surface area contributed by atoms with Gasteiger partial charge in [0.2, 0.25) is 0 Å². The van der Waals surface area contributed by atoms with Crippen molar-refractivity contribution in [3.05, 3.63) is 65.8 Å². The van der Waals surface area contributed by atoms with Gasteiger partial charge in [-0.1, -0.05) is 30.3 Å². The number of carbonyl (C=O) groups is 1. The quantitative estimate of drug-likeness (QED) is 0.742. The second kappa shape index (κ2) is 7.03. The van der Waals surface area contributed by atoms with Gasteiger partial charge < -0.3 is 4.90 Å². The number of thiazole rings is 1. The summed E-state index contributed by atoms with van der Waals surface area (Å²) in [5.41, 5.74) is 3.02. The van der Waals surface area contributed by atoms with Crippen molar-refractivity contribution in [2.24, 2.45) is 0 Å². The lowest BCUT2D eigenvalue weighted by molar-refractivity contribution is 0.206. The van der Waals surface area contributed by atoms with Gasteiger partial charge >= 0.3 is 6.03 Å². The van der Waals surface area contributed by atoms with Crippen molar-refractivity contribution in [2.45, 2.75) is 25.4 Å². The number of hydrogen-bond donors (Lipinski definition) is 1. The van der Waals surface area contributed by atoms with Crippen LogP contribution in [0.25, 0.3) is 11.3 Å². The van der Waals surface area contributed by atoms with E-state index in [1.165, 1.54) is 11.3 Å². The zero-order valence-corrected chi connectivity index (χ0v) is 14.4. The molecule has 5 nitrogen and oxygen atoms in total. The van der Waals surface area contributed by atoms with Crippen molar-refractivity contribution >= 4 is 22.5 Å². The molecule has 0 unspecified atom stereocenters. The smallest absolute Gasteiger partial charge is 0.317 e. The summed E-state index contributed by atoms with van der Waals surface area (Å²) < 4.78 is 0. The van der Waals surface area contributed by atoms with Gasteiger partial charge in [-0.05, 0) is 30.5 Å². The molecule has 126 valence electrons. The highest BCUT2D eigenvalue weighted by atomic mass is 32.1. The van der Waals surface area contributed by atoms with Gasteiger partial charge in [0, 0.05) is 35.9 Å². The van der Waals surface area contributed by atoms with Gasteiger partial charge in [0.1, 0.15) is 0 Å². The Morgan fingerprint density at radius 2 is 1.92 bits per heavy atom. The third-order valence-corrected chi connectivity index (χ3v) is 4.90. The molecule has 0 bridgehead atoms. The number of amides is 2. The number of carbonyl (C=O) groups excluding carboxylic acids is 1. The Kier molecular flexibility index (Phi) is 4.43. The molecule has 2 aromatic heterocycles. The summed E-state index contributed by atoms with van der Waals surface area (Å²) in [4.78, 5) is 23.2. The largest absolute Gasteiger partial charge is 0.324 e. The fourth-order valence-corrected chi connectivity index (χ4v) is 3.38. The van der Waals surface area contributed by atoms with Crippen molar-refractivity contribution in [2.75, 3.05) is 5.32 Å². The van der Waals surface area contributed by atoms with Crippen LogP contribution in [0.2, 0.25) is 0 Å². The second-order valence-corrected chi connectivity index (χ2v) is 6.91. The molecule has 1 aliphatic rings. The van der Waals surface area contributed by atoms with E-state index < -0.39 is 0 Å². The van der Waals surface area contributed by atoms with Crippen LogP contribution in [0.1, 0.15) is 18.4 Å². The van der Waals surface area contributed by atoms with Crippen LogP contribution >= 0.6 is 11.3 Å². The van der Waals surface area contributed by atoms with Crippen LogP contribution in [0, 0.1) is 0 Å². The van der Waals surface area contributed by atoms with E-state index in [2.05, 4.69) is 15.3 Å². The van der Waals surface area contributed by atoms with E-state index >= 15 is 0 Å². The number of nitrogens with one attached hydrogen (secondary N) is 1. The van der Waals surface area contributed by atoms with Crippen LogP contribution in [0.5, 0.6) is 0 Å². The predicted molar refractivity (Wildman–Crippen MR) is 99.4 cm³/mol. The van der Waals surface area contributed by atoms with E-state index in [0.717, 1.165) is 29.7 Å². The van der Waals surface area contributed by atoms with E-state index in [-0.39, 0.29) is 6.03 Å². The maximum absolute atomic E-state index is 12.7. The number of urea groups is 1. The van der Waals surface area contributed by atoms with E-state index in [9.17, 15) is 4.79 Å². The molecule has 1 aromatic carbocycles. The van der Waals surface area contributed by atoms with Gasteiger partial charge in [-0.3, -0.25) is 10.3 Å². The van der Waals surface area contributed by atoms with Crippen molar-refractivity contribution in [1.29, 1.82) is 0 Å². The average Bonchev–Trinajstić information content (AvgIpc) is 3.39. The van der Waals surface area contributed by atoms with Crippen LogP contribution in [0.4, 0.5) is 9.93 Å². The highest BCUT2D eigenvalue weighted by Crippen LogP contribution is 2.30. The molecule has 1 fully saturated rings. The monoisotopic (exact) mass is 350 g/mol. The first kappa shape index (κ1) is 15.8. The van der Waals surface area contributed by atoms with Crippen LogP contribution in [-0.2, 0) is 6.54 Å². The molecule has 1 saturated carbocycles. The third kappa shape index (κ3) is 3.85. The zero-order valence-electron chi connectivity index (χ0n) is 13.6. The van der Waals surface area contributed by atoms with Gasteiger partial charge in [-0.15, -0.1) is 11.3 Å². The number of pyridine rings is 1. The van der Waals surface area contributed by atoms with E-state index in [1.54, 1.807) is 12.4 Å². The lowest BCUT2D eigenvalue weighted by Crippen LogP contribution is -2.36. The molecular weight excluding hydrogens is 332 g/mol. The van der Waals surface area contributed by atoms with E-state index in [1.807, 2.05) is 52.7 Å². The van der Waals surface area contributed by atoms with Crippen molar-refractivity contribution in [3.63, 3.8) is 0 Å². The maximum Gasteiger partial charge on any atom is 0.324 e. The van der Waals surface area contributed by atoms with E-state index in [4.69, 9.17) is 0 Å². The molecule has 0 aliphatic heterocycles. The lowest BCUT2D eigenvalue weighted by Gasteiger charge is -2.22. The summed E-state index contributed by atoms with van der Waals surface area (Å²) in [6.45, 7) is 0.593. The molecule has 0 radical (unpaired) electrons. The Morgan fingerprint density at radius 1 is 1.16 bits per heavy atom. The topological polar surface area (TPSA) is 58.1 Å². The Balaban J connectivity index is 1.46. The molecule has 3 aromatic rings. The summed E-state index contributed by atoms with van der Waals surface area (Å²) in [5.74, 6) is 0. The number of benzene rings is 1. The van der Waals surface area contributed by atoms with Crippen molar-refractivity contribution < 1.29 is 4.79 Å². The van der Waals surface area contributed by atoms with Gasteiger partial charge in [-0.2, -0.15) is 0 Å². The minimum atomic E-state index is -0.0896. The average molecular weight is 350 g/mol. The van der Waals surface area contributed by atoms with Gasteiger partial charge in [0.25, 0.3) is 0 Å². The molecule has 0 spiro atoms. The Labute approximate surface area is 150 Å². The molecule has 6 heteroatoms. The van der Waals surface area contributed by atoms with E-state index in [0.29, 0.717) is 17.7 Å². The van der Waals surface area contributed by atoms with Crippen molar-refractivity contribution in [1.82, 2.24) is 14.9 Å². The first-order valence-electron chi connectivity index (χ1n) is 8.27. The number of rotatable bonds is 5. The number of hydrogen-bond acceptors (Lipinski definition) is 4. The normalized spacial score (nSPS) is 13.4. The molecular formula is C19H18N4OS. The highest BCUT2D eigenvalue weighted by Gasteiger charge is 2.33. The first-order chi connectivity index (χ1) is 12.3. The fourth-order valence-electron chi connectivity index (χ4n) is 2.67. The molecule has 1 N–H and O–H groups in total. The summed E-state index contributed by atoms with van der Waals surface area (Å²) >= 11 is 1.45. The van der Waals surface area contributed by atoms with Crippen LogP contribution in [0.15, 0.2) is 60.2 Å². The zero-order chi connectivity index (χ0) is 17.1. The van der Waals surface area contributed by atoms with Crippen LogP contribution < -0.4 is 5.32 Å². The maximum atomic E-state index is 12.7. The van der Waals surface area contributed by atoms with Gasteiger partial charge in [-0.25, -0.2) is 9.78 Å². The van der Waals surface area contributed by atoms with Crippen LogP contribution in [-0.4, -0.2) is 26.9 Å². The Hall–Kier alpha value is -2.73. The standard InChI is InChI=1S/C19H18N4OS/c24-19(23(16-6-7-16)12-14-8-10-20-11-9-14)22-18-21-17(13-25-18)15-4-2-1-3-5-15/h1-5,8-11,13,16H,6-7,12H2,(H,21,22,24). The highest BCUT2D eigenvalue weighted by molar-refractivity contribution is 7.14. The summed E-state index contributed by atoms with van der Waals surface area (Å²) in [7, 11) is 0. The molecule has 25 heavy (non-hydrogen) atoms. The number of nitrogens with zero attached hydrogens (tertiary/aromatic N) is 3. The van der Waals surface area contributed by atoms with Gasteiger partial charge in [0.05, 0.1) is 5.69 Å².